The van der Waals surface area contributed by atoms with Crippen molar-refractivity contribution in [2.45, 2.75) is 142 Å². The molecular weight excluding hydrogens is 1970 g/mol. The van der Waals surface area contributed by atoms with Gasteiger partial charge in [-0.05, 0) is 69.2 Å². The largest absolute Gasteiger partial charge is 0.490 e. The van der Waals surface area contributed by atoms with Gasteiger partial charge in [-0.15, -0.1) is 0 Å². The first-order valence-electron chi connectivity index (χ1n) is 38.8. The summed E-state index contributed by atoms with van der Waals surface area (Å²) in [6, 6.07) is 7.62. The van der Waals surface area contributed by atoms with Crippen LogP contribution in [0.15, 0.2) is 110 Å². The van der Waals surface area contributed by atoms with Crippen LogP contribution < -0.4 is 37.8 Å². The number of allylic oxidation sites excluding steroid dienone is 6. The van der Waals surface area contributed by atoms with Gasteiger partial charge in [-0.3, -0.25) is 56.2 Å². The Morgan fingerprint density at radius 3 is 1.91 bits per heavy atom. The van der Waals surface area contributed by atoms with E-state index in [1.165, 1.54) is 46.0 Å². The van der Waals surface area contributed by atoms with Crippen molar-refractivity contribution >= 4 is 158 Å². The highest BCUT2D eigenvalue weighted by Crippen LogP contribution is 2.68. The monoisotopic (exact) mass is 2060 g/mol. The Morgan fingerprint density at radius 1 is 0.718 bits per heavy atom. The number of ether oxygens (including phenoxy) is 5. The Hall–Kier alpha value is -6.79. The molecule has 0 radical (unpaired) electrons. The van der Waals surface area contributed by atoms with Crippen LogP contribution >= 0.6 is 80.3 Å². The lowest BCUT2D eigenvalue weighted by Gasteiger charge is -2.25. The Kier molecular flexibility index (Phi) is 37.8. The lowest BCUT2D eigenvalue weighted by Crippen LogP contribution is -2.48. The van der Waals surface area contributed by atoms with E-state index in [9.17, 15) is 112 Å². The molecule has 7 heterocycles. The number of thioether (sulfide) groups is 1. The summed E-state index contributed by atoms with van der Waals surface area (Å²) in [7, 11) is -41.0. The number of carbonyl (C=O) groups is 4. The van der Waals surface area contributed by atoms with Gasteiger partial charge < -0.3 is 99.6 Å². The third kappa shape index (κ3) is 31.6. The third-order valence-electron chi connectivity index (χ3n) is 19.4. The number of nitrogen functional groups attached to an aromatic ring is 1. The Balaban J connectivity index is 0.751. The van der Waals surface area contributed by atoms with Gasteiger partial charge >= 0.3 is 52.6 Å². The second-order valence-electron chi connectivity index (χ2n) is 29.6. The van der Waals surface area contributed by atoms with Gasteiger partial charge in [-0.25, -0.2) is 47.1 Å². The fourth-order valence-electron chi connectivity index (χ4n) is 13.4. The minimum atomic E-state index is -5.87. The number of ketones is 1. The number of anilines is 2. The number of amides is 3. The van der Waals surface area contributed by atoms with Crippen LogP contribution in [0.3, 0.4) is 0 Å². The quantitative estimate of drug-likeness (QED) is 0.00306. The van der Waals surface area contributed by atoms with Crippen LogP contribution in [0.4, 0.5) is 17.2 Å². The number of H-pyrrole nitrogens is 1. The Morgan fingerprint density at radius 2 is 1.31 bits per heavy atom. The van der Waals surface area contributed by atoms with Gasteiger partial charge in [0.15, 0.2) is 28.1 Å². The van der Waals surface area contributed by atoms with E-state index in [1.807, 2.05) is 67.3 Å². The van der Waals surface area contributed by atoms with E-state index in [-0.39, 0.29) is 133 Å². The highest BCUT2D eigenvalue weighted by Gasteiger charge is 2.48. The number of aliphatic hydroxyl groups is 2. The minimum Gasteiger partial charge on any atom is -0.390 e. The average Bonchev–Trinajstić information content (AvgIpc) is 1.59. The number of fused-ring (bicyclic) bond motifs is 3. The van der Waals surface area contributed by atoms with E-state index in [4.69, 9.17) is 49.0 Å². The number of hydrogen-bond donors (Lipinski definition) is 17. The van der Waals surface area contributed by atoms with Crippen LogP contribution in [0.5, 0.6) is 0 Å². The van der Waals surface area contributed by atoms with Crippen molar-refractivity contribution in [1.82, 2.24) is 45.0 Å². The Labute approximate surface area is 758 Å². The van der Waals surface area contributed by atoms with Crippen molar-refractivity contribution in [2.24, 2.45) is 0 Å². The molecule has 0 bridgehead atoms. The van der Waals surface area contributed by atoms with Crippen LogP contribution in [-0.4, -0.2) is 265 Å². The van der Waals surface area contributed by atoms with Crippen molar-refractivity contribution < 1.29 is 176 Å². The van der Waals surface area contributed by atoms with Crippen LogP contribution in [-0.2, 0) is 128 Å². The van der Waals surface area contributed by atoms with Crippen molar-refractivity contribution in [3.05, 3.63) is 123 Å². The van der Waals surface area contributed by atoms with E-state index in [0.717, 1.165) is 50.4 Å². The lowest BCUT2D eigenvalue weighted by atomic mass is 9.81. The smallest absolute Gasteiger partial charge is 0.390 e. The molecule has 2 saturated heterocycles. The number of nitrogens with two attached hydrogens (primary N) is 1. The molecule has 62 heteroatoms. The molecular formula is C69H95N12O39P6S5+. The van der Waals surface area contributed by atoms with Gasteiger partial charge in [0, 0.05) is 97.4 Å². The molecule has 2 fully saturated rings. The van der Waals surface area contributed by atoms with Gasteiger partial charge in [0.1, 0.15) is 54.9 Å². The number of phosphoric acid groups is 6. The van der Waals surface area contributed by atoms with Gasteiger partial charge in [-0.2, -0.15) is 38.7 Å². The molecule has 131 heavy (non-hydrogen) atoms. The maximum absolute atomic E-state index is 13.9. The number of hydrogen-bond acceptors (Lipinski definition) is 37. The molecule has 0 saturated carbocycles. The number of rotatable bonds is 50. The van der Waals surface area contributed by atoms with E-state index in [0.29, 0.717) is 42.7 Å². The van der Waals surface area contributed by atoms with Gasteiger partial charge in [0.25, 0.3) is 25.8 Å². The minimum absolute atomic E-state index is 0.00253. The first-order valence-corrected chi connectivity index (χ1v) is 54.2. The molecule has 18 N–H and O–H groups in total. The summed E-state index contributed by atoms with van der Waals surface area (Å²) in [6.07, 6.45) is 3.08. The zero-order chi connectivity index (χ0) is 96.6. The molecule has 11 unspecified atom stereocenters. The van der Waals surface area contributed by atoms with Crippen LogP contribution in [0.2, 0.25) is 0 Å². The van der Waals surface area contributed by atoms with E-state index in [2.05, 4.69) is 69.0 Å². The standard InChI is InChI=1S/C69H94N12O39P6S5/c1-6-78-49-19-17-44(130(104,105)106)31-46(49)68(2,3)55(78)14-8-7-9-15-56-69(4,5)47-32-45(131(107,108)109)18-20-50(47)79(56)24-11-10-16-58(86)74-48(40-129-128-30-21-57(85)71-22-12-13-42-35-80(67(89)77-64(42)87)59-33-51(83)53(115-59)37-113-123(96,97)119-125(100,101)117-121(90,91)92)65(88)72-23-25-110-26-27-111-28-29-112-36-43(82)39-127-66-75-62(70)61-63(76-66)81(41-73-61)60-34-52(84)54(116-60)38-114-124(98,99)120-126(102,103)118-122(93,94)95/h7-9,14-15,17-20,31-32,35,41,48,51-54,59-60,83-84H,6,10-11,16,21-30,33-34,36-40H2,1-5H3,(H15-,70,71,72,74,75,76,77,85,86,87,88,89,90,91,92,93,94,95,96,97,98,99,100,101,102,103,104,105,106,107,108,109)/p+1. The maximum Gasteiger partial charge on any atom is 0.490 e. The van der Waals surface area contributed by atoms with E-state index in [1.54, 1.807) is 24.3 Å². The number of aromatic amines is 1. The van der Waals surface area contributed by atoms with Crippen LogP contribution in [0, 0.1) is 11.8 Å². The van der Waals surface area contributed by atoms with Crippen LogP contribution in [0.1, 0.15) is 102 Å². The topological polar surface area (TPSA) is 750 Å². The molecule has 51 nitrogen and oxygen atoms in total. The summed E-state index contributed by atoms with van der Waals surface area (Å²) in [5, 5.41) is 29.4. The van der Waals surface area contributed by atoms with Crippen molar-refractivity contribution in [2.75, 3.05) is 107 Å². The predicted molar refractivity (Wildman–Crippen MR) is 464 cm³/mol. The molecule has 4 aliphatic rings. The first-order chi connectivity index (χ1) is 61.1. The maximum atomic E-state index is 13.9. The second kappa shape index (κ2) is 45.9. The molecule has 3 aromatic heterocycles. The van der Waals surface area contributed by atoms with Crippen LogP contribution in [0.25, 0.3) is 11.2 Å². The Bertz CT molecular complexity index is 5940. The average molecular weight is 2060 g/mol. The predicted octanol–water partition coefficient (Wildman–Crippen LogP) is 3.05. The fraction of sp³-hybridized carbons (Fsp3) is 0.507. The number of unbranched alkanes of at least 4 members (excludes halogenated alkanes) is 1. The fourth-order valence-corrected chi connectivity index (χ4v) is 23.3. The number of benzene rings is 2. The highest BCUT2D eigenvalue weighted by atomic mass is 33.1. The molecule has 11 atom stereocenters. The number of aromatic nitrogens is 6. The number of carbonyl (C=O) groups excluding carboxylic acids is 4. The number of phosphoric ester groups is 2. The van der Waals surface area contributed by atoms with E-state index >= 15 is 0 Å². The number of likely N-dealkylation sites (N-methyl/N-ethyl adjacent to an activating group) is 1. The number of Topliss-reactive ketones (excluding diaryl/α,β-unsaturated/α-hetero) is 1. The van der Waals surface area contributed by atoms with Gasteiger partial charge in [0.2, 0.25) is 23.4 Å². The first kappa shape index (κ1) is 108. The summed E-state index contributed by atoms with van der Waals surface area (Å²) in [6.45, 7) is 7.95. The number of nitrogens with zero attached hydrogens (tertiary/aromatic N) is 7. The third-order valence-corrected chi connectivity index (χ3v) is 32.0. The molecule has 0 spiro atoms. The molecule has 5 aromatic rings. The molecule has 9 rings (SSSR count). The lowest BCUT2D eigenvalue weighted by molar-refractivity contribution is -0.438. The molecule has 724 valence electrons. The molecule has 0 aliphatic carbocycles. The molecule has 3 amide bonds. The number of aliphatic hydroxyl groups excluding tert-OH is 2. The summed E-state index contributed by atoms with van der Waals surface area (Å²) in [4.78, 5) is 169. The molecule has 4 aliphatic heterocycles. The zero-order valence-electron chi connectivity index (χ0n) is 69.7. The SMILES string of the molecule is CCN1/C(=C/C=C/C=C/C2=[N+](CCCCC(=O)NC(CSSCCC(=O)NCC#Cc3cn(C4CC(O)C(COP(=O)(O)OP(=O)(O)OP(=O)(O)O)O4)c(=O)[nH]c3=O)C(=O)NCCOCCOCCOCC(=O)CSc3nc(N)c4ncn(C5CC(O)C(COP(=O)(O)OP(=O)(O)OP(=O)(O)O)O5)c4n3)c3ccc(S(=O)(=O)O)cc3C2(C)C)C(C)(C)c2cc(S(=O)(=O)O)ccc21. The summed E-state index contributed by atoms with van der Waals surface area (Å²) in [5.74, 6) is 3.00. The summed E-state index contributed by atoms with van der Waals surface area (Å²) < 4.78 is 195. The normalized spacial score (nSPS) is 21.0. The summed E-state index contributed by atoms with van der Waals surface area (Å²) >= 11 is 0.897. The zero-order valence-corrected chi connectivity index (χ0v) is 79.2. The number of imidazole rings is 1. The second-order valence-corrected chi connectivity index (χ2v) is 44.9. The van der Waals surface area contributed by atoms with E-state index < -0.39 is 170 Å². The number of nitrogens with one attached hydrogen (secondary N) is 4. The molecule has 2 aromatic carbocycles. The van der Waals surface area contributed by atoms with Crippen molar-refractivity contribution in [3.8, 4) is 11.8 Å². The van der Waals surface area contributed by atoms with Crippen molar-refractivity contribution in [1.29, 1.82) is 0 Å². The van der Waals surface area contributed by atoms with Crippen molar-refractivity contribution in [3.63, 3.8) is 0 Å². The summed E-state index contributed by atoms with van der Waals surface area (Å²) in [5.41, 5.74) is 6.83. The van der Waals surface area contributed by atoms with Gasteiger partial charge in [-0.1, -0.05) is 77.3 Å². The highest BCUT2D eigenvalue weighted by molar-refractivity contribution is 8.76. The van der Waals surface area contributed by atoms with Gasteiger partial charge in [0.05, 0.1) is 92.3 Å².